The number of anilines is 1. The number of aromatic nitrogens is 1. The number of carbonyl (C=O) groups is 1. The molecule has 1 N–H and O–H groups in total. The van der Waals surface area contributed by atoms with Crippen LogP contribution in [-0.2, 0) is 11.8 Å². The molecule has 0 aliphatic rings. The number of furan rings is 1. The second kappa shape index (κ2) is 5.39. The average Bonchev–Trinajstić information content (AvgIpc) is 2.78. The van der Waals surface area contributed by atoms with Crippen molar-refractivity contribution in [2.75, 3.05) is 5.32 Å². The van der Waals surface area contributed by atoms with Crippen molar-refractivity contribution in [2.24, 2.45) is 7.05 Å². The van der Waals surface area contributed by atoms with Gasteiger partial charge in [-0.1, -0.05) is 0 Å². The number of pyridine rings is 1. The van der Waals surface area contributed by atoms with E-state index in [9.17, 15) is 9.59 Å². The largest absolute Gasteiger partial charge is 0.462 e. The Bertz CT molecular complexity index is 680. The molecule has 0 bridgehead atoms. The highest BCUT2D eigenvalue weighted by molar-refractivity contribution is 6.01. The van der Waals surface area contributed by atoms with E-state index in [1.165, 1.54) is 10.6 Å². The van der Waals surface area contributed by atoms with Gasteiger partial charge in [0, 0.05) is 19.3 Å². The maximum Gasteiger partial charge on any atom is 0.274 e. The van der Waals surface area contributed by atoms with E-state index in [2.05, 4.69) is 5.32 Å². The van der Waals surface area contributed by atoms with E-state index in [0.717, 1.165) is 5.76 Å². The minimum atomic E-state index is -0.377. The van der Waals surface area contributed by atoms with Crippen LogP contribution in [0.2, 0.25) is 0 Å². The van der Waals surface area contributed by atoms with Gasteiger partial charge in [-0.15, -0.1) is 0 Å². The van der Waals surface area contributed by atoms with Crippen molar-refractivity contribution in [3.63, 3.8) is 0 Å². The average molecular weight is 258 g/mol. The summed E-state index contributed by atoms with van der Waals surface area (Å²) in [6.45, 7) is 1.82. The van der Waals surface area contributed by atoms with E-state index in [1.54, 1.807) is 37.5 Å². The molecule has 0 aliphatic heterocycles. The molecule has 2 rings (SSSR count). The number of aryl methyl sites for hydroxylation is 2. The predicted molar refractivity (Wildman–Crippen MR) is 72.8 cm³/mol. The summed E-state index contributed by atoms with van der Waals surface area (Å²) in [5.74, 6) is 0.989. The van der Waals surface area contributed by atoms with Gasteiger partial charge >= 0.3 is 0 Å². The molecular formula is C14H14N2O3. The standard InChI is InChI=1S/C14H14N2O3/c1-10-5-6-11(19-10)7-8-13(17)15-12-4-3-9-16(2)14(12)18/h3-9H,1-2H3,(H,15,17)/b8-7+. The van der Waals surface area contributed by atoms with Crippen LogP contribution in [-0.4, -0.2) is 10.5 Å². The molecule has 0 fully saturated rings. The van der Waals surface area contributed by atoms with Crippen molar-refractivity contribution in [3.05, 3.63) is 58.4 Å². The van der Waals surface area contributed by atoms with E-state index in [-0.39, 0.29) is 17.2 Å². The zero-order chi connectivity index (χ0) is 13.8. The maximum absolute atomic E-state index is 11.7. The molecule has 1 amide bonds. The lowest BCUT2D eigenvalue weighted by Gasteiger charge is -2.02. The van der Waals surface area contributed by atoms with Crippen LogP contribution in [0, 0.1) is 6.92 Å². The Morgan fingerprint density at radius 1 is 1.37 bits per heavy atom. The van der Waals surface area contributed by atoms with Crippen LogP contribution in [0.15, 0.2) is 45.8 Å². The lowest BCUT2D eigenvalue weighted by Crippen LogP contribution is -2.22. The van der Waals surface area contributed by atoms with Gasteiger partial charge < -0.3 is 14.3 Å². The second-order valence-corrected chi connectivity index (χ2v) is 4.11. The Labute approximate surface area is 110 Å². The summed E-state index contributed by atoms with van der Waals surface area (Å²) in [6, 6.07) is 6.83. The van der Waals surface area contributed by atoms with Gasteiger partial charge in [-0.2, -0.15) is 0 Å². The fourth-order valence-corrected chi connectivity index (χ4v) is 1.57. The number of hydrogen-bond acceptors (Lipinski definition) is 3. The van der Waals surface area contributed by atoms with Crippen LogP contribution in [0.1, 0.15) is 11.5 Å². The second-order valence-electron chi connectivity index (χ2n) is 4.11. The molecule has 0 radical (unpaired) electrons. The van der Waals surface area contributed by atoms with Gasteiger partial charge in [-0.3, -0.25) is 9.59 Å². The summed E-state index contributed by atoms with van der Waals surface area (Å²) in [4.78, 5) is 23.4. The Hall–Kier alpha value is -2.56. The molecule has 19 heavy (non-hydrogen) atoms. The number of amides is 1. The van der Waals surface area contributed by atoms with E-state index < -0.39 is 0 Å². The molecule has 5 heteroatoms. The molecule has 0 aromatic carbocycles. The highest BCUT2D eigenvalue weighted by atomic mass is 16.3. The molecule has 98 valence electrons. The summed E-state index contributed by atoms with van der Waals surface area (Å²) in [7, 11) is 1.62. The number of nitrogens with zero attached hydrogens (tertiary/aromatic N) is 1. The summed E-state index contributed by atoms with van der Waals surface area (Å²) >= 11 is 0. The van der Waals surface area contributed by atoms with Crippen LogP contribution in [0.3, 0.4) is 0 Å². The van der Waals surface area contributed by atoms with Crippen molar-refractivity contribution >= 4 is 17.7 Å². The number of rotatable bonds is 3. The first-order chi connectivity index (χ1) is 9.06. The molecule has 2 heterocycles. The number of nitrogens with one attached hydrogen (secondary N) is 1. The van der Waals surface area contributed by atoms with Gasteiger partial charge in [0.05, 0.1) is 0 Å². The zero-order valence-corrected chi connectivity index (χ0v) is 10.7. The fourth-order valence-electron chi connectivity index (χ4n) is 1.57. The highest BCUT2D eigenvalue weighted by Crippen LogP contribution is 2.08. The van der Waals surface area contributed by atoms with Crippen molar-refractivity contribution < 1.29 is 9.21 Å². The molecule has 0 spiro atoms. The van der Waals surface area contributed by atoms with E-state index in [4.69, 9.17) is 4.42 Å². The van der Waals surface area contributed by atoms with Gasteiger partial charge in [0.25, 0.3) is 5.56 Å². The topological polar surface area (TPSA) is 64.2 Å². The minimum absolute atomic E-state index is 0.246. The van der Waals surface area contributed by atoms with Gasteiger partial charge in [-0.05, 0) is 37.3 Å². The van der Waals surface area contributed by atoms with E-state index >= 15 is 0 Å². The predicted octanol–water partition coefficient (Wildman–Crippen LogP) is 1.94. The molecule has 0 unspecified atom stereocenters. The van der Waals surface area contributed by atoms with Crippen molar-refractivity contribution in [1.29, 1.82) is 0 Å². The highest BCUT2D eigenvalue weighted by Gasteiger charge is 2.03. The third kappa shape index (κ3) is 3.22. The van der Waals surface area contributed by atoms with Gasteiger partial charge in [0.15, 0.2) is 0 Å². The summed E-state index contributed by atoms with van der Waals surface area (Å²) < 4.78 is 6.69. The van der Waals surface area contributed by atoms with Crippen molar-refractivity contribution in [2.45, 2.75) is 6.92 Å². The van der Waals surface area contributed by atoms with Gasteiger partial charge in [-0.25, -0.2) is 0 Å². The molecule has 5 nitrogen and oxygen atoms in total. The lowest BCUT2D eigenvalue weighted by atomic mass is 10.3. The lowest BCUT2D eigenvalue weighted by molar-refractivity contribution is -0.111. The Kier molecular flexibility index (Phi) is 3.66. The van der Waals surface area contributed by atoms with Crippen LogP contribution in [0.4, 0.5) is 5.69 Å². The molecule has 0 saturated carbocycles. The summed E-state index contributed by atoms with van der Waals surface area (Å²) in [5, 5.41) is 2.53. The Morgan fingerprint density at radius 3 is 2.84 bits per heavy atom. The number of hydrogen-bond donors (Lipinski definition) is 1. The van der Waals surface area contributed by atoms with Crippen LogP contribution >= 0.6 is 0 Å². The van der Waals surface area contributed by atoms with Crippen LogP contribution in [0.25, 0.3) is 6.08 Å². The van der Waals surface area contributed by atoms with Crippen LogP contribution < -0.4 is 10.9 Å². The first kappa shape index (κ1) is 12.9. The van der Waals surface area contributed by atoms with E-state index in [1.807, 2.05) is 13.0 Å². The number of carbonyl (C=O) groups excluding carboxylic acids is 1. The van der Waals surface area contributed by atoms with Crippen molar-refractivity contribution in [1.82, 2.24) is 4.57 Å². The van der Waals surface area contributed by atoms with Gasteiger partial charge in [0.1, 0.15) is 17.2 Å². The first-order valence-electron chi connectivity index (χ1n) is 5.77. The SMILES string of the molecule is Cc1ccc(/C=C/C(=O)Nc2cccn(C)c2=O)o1. The quantitative estimate of drug-likeness (QED) is 0.856. The molecule has 0 saturated heterocycles. The normalized spacial score (nSPS) is 10.8. The van der Waals surface area contributed by atoms with Gasteiger partial charge in [0.2, 0.25) is 5.91 Å². The zero-order valence-electron chi connectivity index (χ0n) is 10.7. The van der Waals surface area contributed by atoms with Crippen molar-refractivity contribution in [3.8, 4) is 0 Å². The third-order valence-electron chi connectivity index (χ3n) is 2.54. The molecule has 2 aromatic heterocycles. The fraction of sp³-hybridized carbons (Fsp3) is 0.143. The van der Waals surface area contributed by atoms with E-state index in [0.29, 0.717) is 5.76 Å². The Balaban J connectivity index is 2.07. The summed E-state index contributed by atoms with van der Waals surface area (Å²) in [5.41, 5.74) is -0.00614. The smallest absolute Gasteiger partial charge is 0.274 e. The molecule has 0 atom stereocenters. The molecule has 2 aromatic rings. The summed E-state index contributed by atoms with van der Waals surface area (Å²) in [6.07, 6.45) is 4.50. The monoisotopic (exact) mass is 258 g/mol. The maximum atomic E-state index is 11.7. The molecule has 0 aliphatic carbocycles. The minimum Gasteiger partial charge on any atom is -0.462 e. The Morgan fingerprint density at radius 2 is 2.16 bits per heavy atom. The third-order valence-corrected chi connectivity index (χ3v) is 2.54. The molecular weight excluding hydrogens is 244 g/mol. The van der Waals surface area contributed by atoms with Crippen LogP contribution in [0.5, 0.6) is 0 Å². The first-order valence-corrected chi connectivity index (χ1v) is 5.77.